The van der Waals surface area contributed by atoms with Crippen LogP contribution in [0.1, 0.15) is 38.1 Å². The molecule has 2 amide bonds. The van der Waals surface area contributed by atoms with E-state index < -0.39 is 17.7 Å². The highest BCUT2D eigenvalue weighted by Gasteiger charge is 2.41. The molecular formula is C12H18N4O3. The lowest BCUT2D eigenvalue weighted by Gasteiger charge is -2.27. The summed E-state index contributed by atoms with van der Waals surface area (Å²) < 4.78 is 5.32. The van der Waals surface area contributed by atoms with Crippen LogP contribution in [0.2, 0.25) is 0 Å². The first kappa shape index (κ1) is 13.4. The molecule has 1 atom stereocenters. The first-order valence-electron chi connectivity index (χ1n) is 6.07. The van der Waals surface area contributed by atoms with E-state index in [1.165, 1.54) is 11.9 Å². The fourth-order valence-electron chi connectivity index (χ4n) is 2.02. The lowest BCUT2D eigenvalue weighted by molar-refractivity contribution is -0.125. The number of H-pyrrole nitrogens is 1. The third-order valence-corrected chi connectivity index (χ3v) is 2.81. The zero-order valence-corrected chi connectivity index (χ0v) is 11.5. The average Bonchev–Trinajstić information content (AvgIpc) is 2.84. The van der Waals surface area contributed by atoms with Gasteiger partial charge >= 0.3 is 6.09 Å². The summed E-state index contributed by atoms with van der Waals surface area (Å²) in [6.07, 6.45) is 1.06. The molecule has 2 rings (SSSR count). The molecule has 7 heteroatoms. The molecule has 2 N–H and O–H groups in total. The number of hydrogen-bond acceptors (Lipinski definition) is 4. The van der Waals surface area contributed by atoms with Crippen molar-refractivity contribution in [1.29, 1.82) is 0 Å². The quantitative estimate of drug-likeness (QED) is 0.792. The molecule has 0 aromatic carbocycles. The van der Waals surface area contributed by atoms with Crippen molar-refractivity contribution in [2.24, 2.45) is 0 Å². The van der Waals surface area contributed by atoms with Crippen LogP contribution in [0.25, 0.3) is 0 Å². The Balaban J connectivity index is 2.24. The molecule has 0 unspecified atom stereocenters. The minimum absolute atomic E-state index is 0.258. The third kappa shape index (κ3) is 2.54. The van der Waals surface area contributed by atoms with Crippen LogP contribution in [0.4, 0.5) is 4.79 Å². The molecule has 0 bridgehead atoms. The van der Waals surface area contributed by atoms with E-state index in [0.717, 1.165) is 5.69 Å². The van der Waals surface area contributed by atoms with Gasteiger partial charge in [0.1, 0.15) is 11.6 Å². The smallest absolute Gasteiger partial charge is 0.411 e. The topological polar surface area (TPSA) is 87.3 Å². The van der Waals surface area contributed by atoms with Gasteiger partial charge < -0.3 is 10.1 Å². The van der Waals surface area contributed by atoms with Crippen LogP contribution < -0.4 is 5.32 Å². The number of fused-ring (bicyclic) bond motifs is 1. The van der Waals surface area contributed by atoms with Crippen LogP contribution in [0.3, 0.4) is 0 Å². The van der Waals surface area contributed by atoms with E-state index in [0.29, 0.717) is 12.1 Å². The van der Waals surface area contributed by atoms with Gasteiger partial charge in [-0.05, 0) is 20.8 Å². The van der Waals surface area contributed by atoms with E-state index in [4.69, 9.17) is 4.74 Å². The molecule has 0 radical (unpaired) electrons. The lowest BCUT2D eigenvalue weighted by atomic mass is 10.1. The van der Waals surface area contributed by atoms with Gasteiger partial charge in [-0.2, -0.15) is 5.10 Å². The van der Waals surface area contributed by atoms with Gasteiger partial charge in [-0.25, -0.2) is 4.79 Å². The minimum atomic E-state index is -0.686. The summed E-state index contributed by atoms with van der Waals surface area (Å²) in [5.41, 5.74) is 0.878. The van der Waals surface area contributed by atoms with Gasteiger partial charge in [0.25, 0.3) is 0 Å². The van der Waals surface area contributed by atoms with Crippen molar-refractivity contribution in [3.8, 4) is 0 Å². The van der Waals surface area contributed by atoms with E-state index in [9.17, 15) is 9.59 Å². The van der Waals surface area contributed by atoms with E-state index >= 15 is 0 Å². The number of rotatable bonds is 1. The number of ether oxygens (including phenoxy) is 1. The number of nitrogens with one attached hydrogen (secondary N) is 2. The van der Waals surface area contributed by atoms with Gasteiger partial charge in [0.15, 0.2) is 0 Å². The maximum absolute atomic E-state index is 12.1. The van der Waals surface area contributed by atoms with Crippen LogP contribution in [-0.4, -0.2) is 39.7 Å². The SMILES string of the molecule is CNC(=O)[C@H]1c2cn[nH]c2CN1C(=O)OC(C)(C)C. The summed E-state index contributed by atoms with van der Waals surface area (Å²) in [5.74, 6) is -0.258. The van der Waals surface area contributed by atoms with Gasteiger partial charge in [0.05, 0.1) is 18.4 Å². The fraction of sp³-hybridized carbons (Fsp3) is 0.583. The number of nitrogens with zero attached hydrogens (tertiary/aromatic N) is 2. The Morgan fingerprint density at radius 1 is 1.53 bits per heavy atom. The maximum Gasteiger partial charge on any atom is 0.411 e. The Labute approximate surface area is 111 Å². The second-order valence-electron chi connectivity index (χ2n) is 5.43. The summed E-state index contributed by atoms with van der Waals surface area (Å²) >= 11 is 0. The van der Waals surface area contributed by atoms with Gasteiger partial charge in [-0.1, -0.05) is 0 Å². The van der Waals surface area contributed by atoms with Crippen molar-refractivity contribution in [1.82, 2.24) is 20.4 Å². The van der Waals surface area contributed by atoms with Gasteiger partial charge in [0.2, 0.25) is 5.91 Å². The first-order valence-corrected chi connectivity index (χ1v) is 6.07. The molecule has 1 aliphatic heterocycles. The molecule has 104 valence electrons. The van der Waals surface area contributed by atoms with Crippen molar-refractivity contribution in [3.63, 3.8) is 0 Å². The van der Waals surface area contributed by atoms with Crippen molar-refractivity contribution >= 4 is 12.0 Å². The van der Waals surface area contributed by atoms with Crippen molar-refractivity contribution < 1.29 is 14.3 Å². The largest absolute Gasteiger partial charge is 0.444 e. The van der Waals surface area contributed by atoms with Crippen LogP contribution in [0.15, 0.2) is 6.20 Å². The number of likely N-dealkylation sites (N-methyl/N-ethyl adjacent to an activating group) is 1. The Morgan fingerprint density at radius 2 is 2.21 bits per heavy atom. The monoisotopic (exact) mass is 266 g/mol. The molecule has 1 aromatic rings. The molecule has 0 saturated heterocycles. The van der Waals surface area contributed by atoms with E-state index in [-0.39, 0.29) is 5.91 Å². The molecule has 0 fully saturated rings. The predicted molar refractivity (Wildman–Crippen MR) is 67.2 cm³/mol. The molecule has 0 saturated carbocycles. The number of carbonyl (C=O) groups excluding carboxylic acids is 2. The maximum atomic E-state index is 12.1. The summed E-state index contributed by atoms with van der Waals surface area (Å²) in [4.78, 5) is 25.5. The highest BCUT2D eigenvalue weighted by molar-refractivity contribution is 5.88. The second kappa shape index (κ2) is 4.56. The number of amides is 2. The predicted octanol–water partition coefficient (Wildman–Crippen LogP) is 0.947. The molecule has 1 aromatic heterocycles. The number of carbonyl (C=O) groups is 2. The molecule has 2 heterocycles. The molecule has 7 nitrogen and oxygen atoms in total. The van der Waals surface area contributed by atoms with Crippen LogP contribution in [0.5, 0.6) is 0 Å². The standard InChI is InChI=1S/C12H18N4O3/c1-12(2,3)19-11(18)16-6-8-7(5-14-15-8)9(16)10(17)13-4/h5,9H,6H2,1-4H3,(H,13,17)(H,14,15)/t9-/m1/s1. The van der Waals surface area contributed by atoms with E-state index in [1.807, 2.05) is 0 Å². The molecule has 19 heavy (non-hydrogen) atoms. The zero-order valence-electron chi connectivity index (χ0n) is 11.5. The minimum Gasteiger partial charge on any atom is -0.444 e. The number of aromatic nitrogens is 2. The summed E-state index contributed by atoms with van der Waals surface area (Å²) in [5, 5.41) is 9.25. The summed E-state index contributed by atoms with van der Waals surface area (Å²) in [6, 6.07) is -0.686. The Hall–Kier alpha value is -2.05. The van der Waals surface area contributed by atoms with Crippen LogP contribution in [0, 0.1) is 0 Å². The summed E-state index contributed by atoms with van der Waals surface area (Å²) in [7, 11) is 1.54. The van der Waals surface area contributed by atoms with E-state index in [1.54, 1.807) is 27.0 Å². The average molecular weight is 266 g/mol. The van der Waals surface area contributed by atoms with Gasteiger partial charge in [-0.3, -0.25) is 14.8 Å². The summed E-state index contributed by atoms with van der Waals surface area (Å²) in [6.45, 7) is 5.66. The normalized spacial score (nSPS) is 18.1. The molecule has 0 spiro atoms. The second-order valence-corrected chi connectivity index (χ2v) is 5.43. The Kier molecular flexibility index (Phi) is 3.21. The first-order chi connectivity index (χ1) is 8.83. The number of aromatic amines is 1. The highest BCUT2D eigenvalue weighted by Crippen LogP contribution is 2.33. The Bertz CT molecular complexity index is 503. The third-order valence-electron chi connectivity index (χ3n) is 2.81. The molecular weight excluding hydrogens is 248 g/mol. The zero-order chi connectivity index (χ0) is 14.2. The van der Waals surface area contributed by atoms with Crippen molar-refractivity contribution in [2.45, 2.75) is 39.0 Å². The van der Waals surface area contributed by atoms with Gasteiger partial charge in [-0.15, -0.1) is 0 Å². The lowest BCUT2D eigenvalue weighted by Crippen LogP contribution is -2.41. The van der Waals surface area contributed by atoms with E-state index in [2.05, 4.69) is 15.5 Å². The van der Waals surface area contributed by atoms with Crippen molar-refractivity contribution in [2.75, 3.05) is 7.05 Å². The molecule has 1 aliphatic rings. The van der Waals surface area contributed by atoms with Gasteiger partial charge in [0, 0.05) is 12.6 Å². The Morgan fingerprint density at radius 3 is 2.79 bits per heavy atom. The highest BCUT2D eigenvalue weighted by atomic mass is 16.6. The number of hydrogen-bond donors (Lipinski definition) is 2. The van der Waals surface area contributed by atoms with Crippen LogP contribution in [-0.2, 0) is 16.1 Å². The fourth-order valence-corrected chi connectivity index (χ4v) is 2.02. The van der Waals surface area contributed by atoms with Crippen LogP contribution >= 0.6 is 0 Å². The van der Waals surface area contributed by atoms with Crippen molar-refractivity contribution in [3.05, 3.63) is 17.5 Å². The molecule has 0 aliphatic carbocycles.